The lowest BCUT2D eigenvalue weighted by Crippen LogP contribution is -2.56. The molecule has 2 saturated heterocycles. The lowest BCUT2D eigenvalue weighted by molar-refractivity contribution is 0.249. The molecule has 9 heteroatoms. The Morgan fingerprint density at radius 2 is 2.00 bits per heavy atom. The number of rotatable bonds is 3. The van der Waals surface area contributed by atoms with Crippen molar-refractivity contribution in [2.75, 3.05) is 37.0 Å². The Morgan fingerprint density at radius 3 is 2.60 bits per heavy atom. The Morgan fingerprint density at radius 1 is 1.30 bits per heavy atom. The Hall–Kier alpha value is 0.110. The first-order valence-corrected chi connectivity index (χ1v) is 10.5. The molecule has 0 saturated carbocycles. The van der Waals surface area contributed by atoms with Crippen molar-refractivity contribution in [1.82, 2.24) is 8.61 Å². The fraction of sp³-hybridized carbons (Fsp3) is 1.00. The summed E-state index contributed by atoms with van der Waals surface area (Å²) in [6, 6.07) is -0.505. The molecule has 0 spiro atoms. The minimum atomic E-state index is -3.58. The summed E-state index contributed by atoms with van der Waals surface area (Å²) >= 11 is 5.83. The maximum atomic E-state index is 12.6. The summed E-state index contributed by atoms with van der Waals surface area (Å²) < 4.78 is 51.2. The second kappa shape index (κ2) is 6.08. The van der Waals surface area contributed by atoms with Crippen LogP contribution in [0.4, 0.5) is 0 Å². The predicted octanol–water partition coefficient (Wildman–Crippen LogP) is 0.301. The van der Waals surface area contributed by atoms with Gasteiger partial charge in [-0.3, -0.25) is 0 Å². The standard InChI is InChI=1S/C11H21ClN2O4S2/c1-10-9-19(15,16)6-5-14(10)20(17,18)13-4-2-3-11(7-12)8-13/h10-11H,2-9H2,1H3. The van der Waals surface area contributed by atoms with Crippen molar-refractivity contribution in [3.63, 3.8) is 0 Å². The van der Waals surface area contributed by atoms with E-state index in [1.165, 1.54) is 8.61 Å². The molecule has 2 atom stereocenters. The van der Waals surface area contributed by atoms with Crippen molar-refractivity contribution in [2.24, 2.45) is 5.92 Å². The fourth-order valence-corrected chi connectivity index (χ4v) is 6.76. The molecule has 2 fully saturated rings. The SMILES string of the molecule is CC1CS(=O)(=O)CCN1S(=O)(=O)N1CCCC(CCl)C1. The number of halogens is 1. The van der Waals surface area contributed by atoms with Crippen LogP contribution in [-0.4, -0.2) is 68.5 Å². The van der Waals surface area contributed by atoms with Crippen LogP contribution in [0.5, 0.6) is 0 Å². The molecule has 2 aliphatic rings. The van der Waals surface area contributed by atoms with E-state index in [2.05, 4.69) is 0 Å². The predicted molar refractivity (Wildman–Crippen MR) is 78.8 cm³/mol. The monoisotopic (exact) mass is 344 g/mol. The van der Waals surface area contributed by atoms with Gasteiger partial charge in [0.05, 0.1) is 11.5 Å². The van der Waals surface area contributed by atoms with E-state index in [0.29, 0.717) is 19.0 Å². The van der Waals surface area contributed by atoms with E-state index >= 15 is 0 Å². The smallest absolute Gasteiger partial charge is 0.229 e. The first-order chi connectivity index (χ1) is 9.26. The van der Waals surface area contributed by atoms with Crippen molar-refractivity contribution < 1.29 is 16.8 Å². The summed E-state index contributed by atoms with van der Waals surface area (Å²) in [7, 11) is -6.70. The topological polar surface area (TPSA) is 74.8 Å². The van der Waals surface area contributed by atoms with Crippen molar-refractivity contribution in [2.45, 2.75) is 25.8 Å². The van der Waals surface area contributed by atoms with Crippen LogP contribution in [0.25, 0.3) is 0 Å². The first kappa shape index (κ1) is 16.5. The molecule has 0 aromatic heterocycles. The van der Waals surface area contributed by atoms with Crippen LogP contribution in [-0.2, 0) is 20.0 Å². The highest BCUT2D eigenvalue weighted by atomic mass is 35.5. The van der Waals surface area contributed by atoms with Gasteiger partial charge < -0.3 is 0 Å². The van der Waals surface area contributed by atoms with Gasteiger partial charge in [0.25, 0.3) is 10.2 Å². The maximum absolute atomic E-state index is 12.6. The van der Waals surface area contributed by atoms with Crippen molar-refractivity contribution >= 4 is 31.6 Å². The molecule has 0 amide bonds. The number of sulfone groups is 1. The first-order valence-electron chi connectivity index (χ1n) is 6.79. The molecule has 2 heterocycles. The highest BCUT2D eigenvalue weighted by Crippen LogP contribution is 2.24. The van der Waals surface area contributed by atoms with Gasteiger partial charge in [0.15, 0.2) is 9.84 Å². The summed E-state index contributed by atoms with van der Waals surface area (Å²) in [6.45, 7) is 2.62. The van der Waals surface area contributed by atoms with E-state index in [-0.39, 0.29) is 24.0 Å². The Balaban J connectivity index is 2.14. The van der Waals surface area contributed by atoms with Gasteiger partial charge in [-0.2, -0.15) is 17.0 Å². The summed E-state index contributed by atoms with van der Waals surface area (Å²) in [5, 5.41) is 0. The molecule has 20 heavy (non-hydrogen) atoms. The lowest BCUT2D eigenvalue weighted by Gasteiger charge is -2.38. The largest absolute Gasteiger partial charge is 0.282 e. The summed E-state index contributed by atoms with van der Waals surface area (Å²) in [4.78, 5) is 0. The number of piperidine rings is 1. The number of nitrogens with zero attached hydrogens (tertiary/aromatic N) is 2. The van der Waals surface area contributed by atoms with Gasteiger partial charge in [0, 0.05) is 31.6 Å². The van der Waals surface area contributed by atoms with Crippen LogP contribution in [0, 0.1) is 5.92 Å². The maximum Gasteiger partial charge on any atom is 0.282 e. The highest BCUT2D eigenvalue weighted by molar-refractivity contribution is 7.91. The molecule has 2 rings (SSSR count). The van der Waals surface area contributed by atoms with Gasteiger partial charge in [0.1, 0.15) is 0 Å². The third-order valence-corrected chi connectivity index (χ3v) is 8.28. The molecular formula is C11H21ClN2O4S2. The molecule has 2 unspecified atom stereocenters. The summed E-state index contributed by atoms with van der Waals surface area (Å²) in [5.74, 6) is 0.446. The van der Waals surface area contributed by atoms with Gasteiger partial charge in [-0.25, -0.2) is 8.42 Å². The van der Waals surface area contributed by atoms with E-state index in [9.17, 15) is 16.8 Å². The van der Waals surface area contributed by atoms with Crippen molar-refractivity contribution in [1.29, 1.82) is 0 Å². The molecule has 6 nitrogen and oxygen atoms in total. The number of alkyl halides is 1. The molecule has 0 bridgehead atoms. The molecule has 118 valence electrons. The van der Waals surface area contributed by atoms with Gasteiger partial charge in [-0.1, -0.05) is 0 Å². The molecular weight excluding hydrogens is 324 g/mol. The van der Waals surface area contributed by atoms with Crippen LogP contribution >= 0.6 is 11.6 Å². The van der Waals surface area contributed by atoms with Crippen LogP contribution < -0.4 is 0 Å². The second-order valence-corrected chi connectivity index (χ2v) is 10.0. The van der Waals surface area contributed by atoms with Crippen molar-refractivity contribution in [3.05, 3.63) is 0 Å². The normalized spacial score (nSPS) is 33.1. The minimum Gasteiger partial charge on any atom is -0.229 e. The molecule has 0 aromatic rings. The van der Waals surface area contributed by atoms with Crippen molar-refractivity contribution in [3.8, 4) is 0 Å². The quantitative estimate of drug-likeness (QED) is 0.690. The molecule has 0 aliphatic carbocycles. The Bertz CT molecular complexity index is 549. The average Bonchev–Trinajstić information content (AvgIpc) is 2.37. The lowest BCUT2D eigenvalue weighted by atomic mass is 10.0. The molecule has 0 aromatic carbocycles. The Kier molecular flexibility index (Phi) is 5.01. The number of hydrogen-bond acceptors (Lipinski definition) is 4. The van der Waals surface area contributed by atoms with Gasteiger partial charge >= 0.3 is 0 Å². The third-order valence-electron chi connectivity index (χ3n) is 3.93. The molecule has 0 radical (unpaired) electrons. The molecule has 2 aliphatic heterocycles. The van der Waals surface area contributed by atoms with Gasteiger partial charge in [-0.15, -0.1) is 11.6 Å². The van der Waals surface area contributed by atoms with Crippen LogP contribution in [0.15, 0.2) is 0 Å². The van der Waals surface area contributed by atoms with Crippen LogP contribution in [0.1, 0.15) is 19.8 Å². The van der Waals surface area contributed by atoms with E-state index in [0.717, 1.165) is 12.8 Å². The summed E-state index contributed by atoms with van der Waals surface area (Å²) in [5.41, 5.74) is 0. The van der Waals surface area contributed by atoms with E-state index in [1.54, 1.807) is 6.92 Å². The van der Waals surface area contributed by atoms with Gasteiger partial charge in [0.2, 0.25) is 0 Å². The zero-order valence-corrected chi connectivity index (χ0v) is 13.9. The van der Waals surface area contributed by atoms with Crippen LogP contribution in [0.3, 0.4) is 0 Å². The van der Waals surface area contributed by atoms with Gasteiger partial charge in [-0.05, 0) is 25.7 Å². The minimum absolute atomic E-state index is 0.0495. The highest BCUT2D eigenvalue weighted by Gasteiger charge is 2.40. The zero-order chi connectivity index (χ0) is 15.0. The second-order valence-electron chi connectivity index (χ2n) is 5.60. The van der Waals surface area contributed by atoms with Crippen LogP contribution in [0.2, 0.25) is 0 Å². The summed E-state index contributed by atoms with van der Waals surface area (Å²) in [6.07, 6.45) is 1.75. The third kappa shape index (κ3) is 3.47. The fourth-order valence-electron chi connectivity index (χ4n) is 2.84. The Labute approximate surface area is 126 Å². The van der Waals surface area contributed by atoms with E-state index in [4.69, 9.17) is 11.6 Å². The number of hydrogen-bond donors (Lipinski definition) is 0. The van der Waals surface area contributed by atoms with E-state index in [1.807, 2.05) is 0 Å². The molecule has 0 N–H and O–H groups in total. The van der Waals surface area contributed by atoms with E-state index < -0.39 is 26.1 Å². The zero-order valence-electron chi connectivity index (χ0n) is 11.5. The average molecular weight is 345 g/mol.